The van der Waals surface area contributed by atoms with E-state index in [1.807, 2.05) is 6.07 Å². The van der Waals surface area contributed by atoms with Gasteiger partial charge in [-0.2, -0.15) is 0 Å². The van der Waals surface area contributed by atoms with Gasteiger partial charge in [0.15, 0.2) is 0 Å². The van der Waals surface area contributed by atoms with E-state index >= 15 is 0 Å². The lowest BCUT2D eigenvalue weighted by Gasteiger charge is -2.43. The van der Waals surface area contributed by atoms with Crippen molar-refractivity contribution >= 4 is 73.4 Å². The Morgan fingerprint density at radius 1 is 0.308 bits per heavy atom. The van der Waals surface area contributed by atoms with Crippen molar-refractivity contribution in [2.45, 2.75) is 303 Å². The number of fused-ring (bicyclic) bond motifs is 14. The Bertz CT molecular complexity index is 5830. The second-order valence-electron chi connectivity index (χ2n) is 44.6. The standard InChI is InChI=1S/C55H63ClN2.C28H28ClN.C28H39N/c1-50(2,3)34-18-23-47-41(28-34)48-49(40-16-14-15-17-42(40)55(48,12)13)58(47)39-30-35(56)29-38(31-39)57(36-19-21-43-45(32-36)53(8,9)26-24-51(43,4)5)37-20-22-44-46(33-37)54(10,11)27-25-52(44,6)7;1-17-13-19(29)16-20(14-17)30-24-12-11-18(27(2,3)4)15-22(24)25-26(30)21-9-7-8-10-23(21)28(25,5)6;1-25(2)13-15-27(5,6)23-17-19(9-11-21(23)25)29-20-10-12-22-24(18-20)28(7,8)16-14-26(22,3)4/h14-23,28-33H,24-27H2,1-13H3;7-16H,1-6H3;9-12,17-18,29H,13-16H2,1-8H3. The van der Waals surface area contributed by atoms with Gasteiger partial charge < -0.3 is 19.4 Å². The molecule has 0 atom stereocenters. The molecule has 0 saturated carbocycles. The molecule has 0 radical (unpaired) electrons. The highest BCUT2D eigenvalue weighted by atomic mass is 35.5. The van der Waals surface area contributed by atoms with Crippen molar-refractivity contribution in [3.8, 4) is 33.9 Å². The van der Waals surface area contributed by atoms with E-state index in [1.54, 1.807) is 0 Å². The summed E-state index contributed by atoms with van der Waals surface area (Å²) in [6.07, 6.45) is 9.73. The van der Waals surface area contributed by atoms with E-state index in [2.05, 4.69) is 394 Å². The summed E-state index contributed by atoms with van der Waals surface area (Å²) in [6.45, 7) is 63.9. The first-order valence-electron chi connectivity index (χ1n) is 43.8. The van der Waals surface area contributed by atoms with Crippen molar-refractivity contribution in [2.24, 2.45) is 0 Å². The monoisotopic (exact) mass is 1590 g/mol. The van der Waals surface area contributed by atoms with Crippen LogP contribution in [0, 0.1) is 6.92 Å². The predicted octanol–water partition coefficient (Wildman–Crippen LogP) is 32.4. The molecule has 0 spiro atoms. The number of nitrogens with one attached hydrogen (secondary N) is 1. The molecule has 608 valence electrons. The zero-order valence-corrected chi connectivity index (χ0v) is 77.2. The summed E-state index contributed by atoms with van der Waals surface area (Å²) >= 11 is 13.9. The summed E-state index contributed by atoms with van der Waals surface area (Å²) in [4.78, 5) is 2.49. The van der Waals surface area contributed by atoms with Crippen LogP contribution in [-0.2, 0) is 65.0 Å². The fourth-order valence-electron chi connectivity index (χ4n) is 21.6. The third kappa shape index (κ3) is 14.1. The Hall–Kier alpha value is -8.54. The van der Waals surface area contributed by atoms with Crippen molar-refractivity contribution in [3.63, 3.8) is 0 Å². The molecule has 6 heteroatoms. The number of halogens is 2. The largest absolute Gasteiger partial charge is 0.356 e. The van der Waals surface area contributed by atoms with Crippen LogP contribution in [0.5, 0.6) is 0 Å². The lowest BCUT2D eigenvalue weighted by molar-refractivity contribution is 0.332. The summed E-state index contributed by atoms with van der Waals surface area (Å²) in [5.41, 5.74) is 38.4. The molecule has 117 heavy (non-hydrogen) atoms. The molecule has 6 aliphatic carbocycles. The van der Waals surface area contributed by atoms with Crippen LogP contribution in [0.15, 0.2) is 194 Å². The topological polar surface area (TPSA) is 25.1 Å². The van der Waals surface area contributed by atoms with Crippen LogP contribution in [0.4, 0.5) is 28.4 Å². The molecular formula is C111H130Cl2N4. The van der Waals surface area contributed by atoms with Crippen molar-refractivity contribution in [1.29, 1.82) is 0 Å². The summed E-state index contributed by atoms with van der Waals surface area (Å²) in [7, 11) is 0. The van der Waals surface area contributed by atoms with E-state index in [0.29, 0.717) is 0 Å². The van der Waals surface area contributed by atoms with E-state index in [-0.39, 0.29) is 65.0 Å². The summed E-state index contributed by atoms with van der Waals surface area (Å²) in [5.74, 6) is 0. The Kier molecular flexibility index (Phi) is 19.5. The molecule has 10 aromatic carbocycles. The number of benzene rings is 10. The van der Waals surface area contributed by atoms with Crippen molar-refractivity contribution in [3.05, 3.63) is 288 Å². The van der Waals surface area contributed by atoms with Gasteiger partial charge in [-0.3, -0.25) is 0 Å². The molecular weight excluding hydrogens is 1460 g/mol. The van der Waals surface area contributed by atoms with Gasteiger partial charge in [-0.25, -0.2) is 0 Å². The Labute approximate surface area is 712 Å². The number of aromatic nitrogens is 2. The van der Waals surface area contributed by atoms with E-state index in [1.165, 1.54) is 202 Å². The molecule has 4 nitrogen and oxygen atoms in total. The Morgan fingerprint density at radius 2 is 0.632 bits per heavy atom. The van der Waals surface area contributed by atoms with Gasteiger partial charge in [-0.15, -0.1) is 0 Å². The van der Waals surface area contributed by atoms with Crippen molar-refractivity contribution in [2.75, 3.05) is 10.2 Å². The second kappa shape index (κ2) is 27.8. The molecule has 12 aromatic rings. The number of aryl methyl sites for hydroxylation is 1. The van der Waals surface area contributed by atoms with Crippen LogP contribution < -0.4 is 10.2 Å². The highest BCUT2D eigenvalue weighted by Crippen LogP contribution is 2.59. The number of nitrogens with zero attached hydrogens (tertiary/aromatic N) is 3. The summed E-state index contributed by atoms with van der Waals surface area (Å²) in [5, 5.41) is 7.90. The number of anilines is 5. The van der Waals surface area contributed by atoms with Crippen molar-refractivity contribution in [1.82, 2.24) is 9.13 Å². The first-order chi connectivity index (χ1) is 54.4. The van der Waals surface area contributed by atoms with Crippen LogP contribution >= 0.6 is 23.2 Å². The minimum atomic E-state index is -0.160. The minimum Gasteiger partial charge on any atom is -0.356 e. The average Bonchev–Trinajstić information content (AvgIpc) is 1.54. The highest BCUT2D eigenvalue weighted by molar-refractivity contribution is 6.31. The first kappa shape index (κ1) is 82.2. The van der Waals surface area contributed by atoms with Crippen LogP contribution in [0.3, 0.4) is 0 Å². The maximum atomic E-state index is 7.39. The Balaban J connectivity index is 0.000000145. The minimum absolute atomic E-state index is 0.0276. The Morgan fingerprint density at radius 3 is 0.991 bits per heavy atom. The molecule has 0 saturated heterocycles. The zero-order chi connectivity index (χ0) is 84.2. The van der Waals surface area contributed by atoms with Gasteiger partial charge in [0.2, 0.25) is 0 Å². The lowest BCUT2D eigenvalue weighted by Crippen LogP contribution is -2.34. The van der Waals surface area contributed by atoms with E-state index in [0.717, 1.165) is 27.1 Å². The third-order valence-corrected chi connectivity index (χ3v) is 29.9. The molecule has 1 N–H and O–H groups in total. The molecule has 2 heterocycles. The van der Waals surface area contributed by atoms with Crippen LogP contribution in [0.2, 0.25) is 10.0 Å². The lowest BCUT2D eigenvalue weighted by atomic mass is 9.63. The van der Waals surface area contributed by atoms with Gasteiger partial charge >= 0.3 is 0 Å². The molecule has 6 aliphatic rings. The third-order valence-electron chi connectivity index (χ3n) is 29.5. The molecule has 18 rings (SSSR count). The molecule has 2 aromatic heterocycles. The SMILES string of the molecule is CC(C)(C)c1ccc2c(c1)c1c(n2-c2cc(Cl)cc(N(c3ccc4c(c3)C(C)(C)CCC4(C)C)c3ccc4c(c3)C(C)(C)CCC4(C)C)c2)-c2ccccc2C1(C)C.CC1(C)CCC(C)(C)c2cc(Nc3ccc4c(c3)C(C)(C)CCC4(C)C)ccc21.Cc1cc(Cl)cc(-n2c3c(c4cc(C(C)(C)C)ccc42)C(C)(C)c2ccccc2-3)c1. The predicted molar refractivity (Wildman–Crippen MR) is 506 cm³/mol. The first-order valence-corrected chi connectivity index (χ1v) is 44.5. The van der Waals surface area contributed by atoms with Gasteiger partial charge in [0, 0.05) is 82.6 Å². The van der Waals surface area contributed by atoms with Crippen molar-refractivity contribution < 1.29 is 0 Å². The second-order valence-corrected chi connectivity index (χ2v) is 45.5. The fourth-order valence-corrected chi connectivity index (χ4v) is 22.1. The number of rotatable bonds is 7. The molecule has 0 bridgehead atoms. The molecule has 0 unspecified atom stereocenters. The van der Waals surface area contributed by atoms with Gasteiger partial charge in [0.1, 0.15) is 0 Å². The van der Waals surface area contributed by atoms with E-state index < -0.39 is 0 Å². The van der Waals surface area contributed by atoms with Gasteiger partial charge in [-0.05, 0) is 305 Å². The normalized spacial score (nSPS) is 19.1. The smallest absolute Gasteiger partial charge is 0.0585 e. The highest BCUT2D eigenvalue weighted by Gasteiger charge is 2.46. The van der Waals surface area contributed by atoms with Gasteiger partial charge in [0.05, 0.1) is 22.4 Å². The molecule has 0 amide bonds. The average molecular weight is 1590 g/mol. The number of hydrogen-bond acceptors (Lipinski definition) is 2. The van der Waals surface area contributed by atoms with Gasteiger partial charge in [-0.1, -0.05) is 288 Å². The van der Waals surface area contributed by atoms with E-state index in [4.69, 9.17) is 23.2 Å². The molecule has 0 fully saturated rings. The van der Waals surface area contributed by atoms with Crippen LogP contribution in [0.25, 0.3) is 55.7 Å². The maximum absolute atomic E-state index is 7.39. The number of hydrogen-bond donors (Lipinski definition) is 1. The van der Waals surface area contributed by atoms with Crippen LogP contribution in [0.1, 0.15) is 315 Å². The zero-order valence-electron chi connectivity index (χ0n) is 75.7. The maximum Gasteiger partial charge on any atom is 0.0585 e. The van der Waals surface area contributed by atoms with Crippen LogP contribution in [-0.4, -0.2) is 9.13 Å². The molecule has 0 aliphatic heterocycles. The van der Waals surface area contributed by atoms with E-state index in [9.17, 15) is 0 Å². The summed E-state index contributed by atoms with van der Waals surface area (Å²) in [6, 6.07) is 73.8. The van der Waals surface area contributed by atoms with Gasteiger partial charge in [0.25, 0.3) is 0 Å². The summed E-state index contributed by atoms with van der Waals surface area (Å²) < 4.78 is 4.93. The quantitative estimate of drug-likeness (QED) is 0.172. The fraction of sp³-hybridized carbons (Fsp3) is 0.423.